The zero-order valence-corrected chi connectivity index (χ0v) is 13.9. The van der Waals surface area contributed by atoms with Crippen LogP contribution < -0.4 is 4.74 Å². The van der Waals surface area contributed by atoms with E-state index in [1.807, 2.05) is 0 Å². The van der Waals surface area contributed by atoms with Gasteiger partial charge in [0.2, 0.25) is 5.91 Å². The van der Waals surface area contributed by atoms with Crippen molar-refractivity contribution in [1.82, 2.24) is 4.90 Å². The Hall–Kier alpha value is -2.29. The van der Waals surface area contributed by atoms with Crippen LogP contribution in [0.15, 0.2) is 42.5 Å². The van der Waals surface area contributed by atoms with Gasteiger partial charge >= 0.3 is 6.36 Å². The number of benzene rings is 2. The summed E-state index contributed by atoms with van der Waals surface area (Å²) in [4.78, 5) is 13.5. The number of hydrogen-bond acceptors (Lipinski definition) is 3. The van der Waals surface area contributed by atoms with Crippen molar-refractivity contribution in [3.8, 4) is 5.75 Å². The first-order chi connectivity index (χ1) is 12.2. The predicted molar refractivity (Wildman–Crippen MR) is 85.2 cm³/mol. The van der Waals surface area contributed by atoms with Crippen LogP contribution in [0.5, 0.6) is 5.75 Å². The van der Waals surface area contributed by atoms with Gasteiger partial charge in [-0.05, 0) is 35.9 Å². The van der Waals surface area contributed by atoms with Gasteiger partial charge in [0.05, 0.1) is 12.3 Å². The van der Waals surface area contributed by atoms with Crippen LogP contribution in [-0.2, 0) is 11.3 Å². The second kappa shape index (κ2) is 7.14. The van der Waals surface area contributed by atoms with E-state index in [2.05, 4.69) is 4.74 Å². The van der Waals surface area contributed by atoms with Crippen LogP contribution >= 0.6 is 11.8 Å². The Kier molecular flexibility index (Phi) is 5.08. The zero-order valence-electron chi connectivity index (χ0n) is 13.1. The molecule has 1 aliphatic heterocycles. The molecule has 0 aromatic heterocycles. The second-order valence-electron chi connectivity index (χ2n) is 5.54. The van der Waals surface area contributed by atoms with Crippen LogP contribution in [0, 0.1) is 11.6 Å². The fourth-order valence-electron chi connectivity index (χ4n) is 2.61. The van der Waals surface area contributed by atoms with Gasteiger partial charge in [-0.1, -0.05) is 12.1 Å². The summed E-state index contributed by atoms with van der Waals surface area (Å²) in [5.74, 6) is -1.94. The number of carbonyl (C=O) groups excluding carboxylic acids is 1. The molecule has 2 aromatic rings. The Morgan fingerprint density at radius 2 is 1.92 bits per heavy atom. The molecular formula is C17H12F5NO2S. The van der Waals surface area contributed by atoms with Crippen LogP contribution in [0.4, 0.5) is 22.0 Å². The van der Waals surface area contributed by atoms with Crippen molar-refractivity contribution in [1.29, 1.82) is 0 Å². The molecule has 1 amide bonds. The first-order valence-electron chi connectivity index (χ1n) is 7.43. The molecular weight excluding hydrogens is 377 g/mol. The van der Waals surface area contributed by atoms with Gasteiger partial charge in [-0.2, -0.15) is 0 Å². The van der Waals surface area contributed by atoms with Crippen molar-refractivity contribution < 1.29 is 31.5 Å². The van der Waals surface area contributed by atoms with E-state index < -0.39 is 29.1 Å². The van der Waals surface area contributed by atoms with E-state index in [1.165, 1.54) is 28.8 Å². The van der Waals surface area contributed by atoms with Crippen LogP contribution in [0.1, 0.15) is 16.5 Å². The summed E-state index contributed by atoms with van der Waals surface area (Å²) in [6.07, 6.45) is -4.83. The van der Waals surface area contributed by atoms with Crippen molar-refractivity contribution in [3.63, 3.8) is 0 Å². The zero-order chi connectivity index (χ0) is 18.9. The number of ether oxygens (including phenoxy) is 1. The summed E-state index contributed by atoms with van der Waals surface area (Å²) in [5, 5.41) is -0.623. The summed E-state index contributed by atoms with van der Waals surface area (Å²) in [7, 11) is 0. The van der Waals surface area contributed by atoms with Crippen molar-refractivity contribution in [3.05, 3.63) is 65.2 Å². The molecule has 138 valence electrons. The molecule has 1 atom stereocenters. The van der Waals surface area contributed by atoms with Crippen molar-refractivity contribution in [2.45, 2.75) is 18.3 Å². The maximum absolute atomic E-state index is 13.9. The number of hydrogen-bond donors (Lipinski definition) is 0. The van der Waals surface area contributed by atoms with E-state index in [0.29, 0.717) is 5.56 Å². The van der Waals surface area contributed by atoms with Gasteiger partial charge in [-0.15, -0.1) is 24.9 Å². The number of thioether (sulfide) groups is 1. The lowest BCUT2D eigenvalue weighted by atomic mass is 10.1. The molecule has 3 nitrogen and oxygen atoms in total. The fourth-order valence-corrected chi connectivity index (χ4v) is 3.79. The molecule has 1 fully saturated rings. The van der Waals surface area contributed by atoms with Crippen molar-refractivity contribution >= 4 is 17.7 Å². The van der Waals surface area contributed by atoms with Gasteiger partial charge in [0.25, 0.3) is 0 Å². The number of rotatable bonds is 4. The van der Waals surface area contributed by atoms with E-state index in [0.717, 1.165) is 24.3 Å². The molecule has 3 rings (SSSR count). The summed E-state index contributed by atoms with van der Waals surface area (Å²) >= 11 is 1.19. The van der Waals surface area contributed by atoms with E-state index in [4.69, 9.17) is 0 Å². The van der Waals surface area contributed by atoms with Gasteiger partial charge in [0.15, 0.2) is 0 Å². The van der Waals surface area contributed by atoms with Crippen molar-refractivity contribution in [2.24, 2.45) is 0 Å². The van der Waals surface area contributed by atoms with E-state index >= 15 is 0 Å². The first kappa shape index (κ1) is 18.5. The van der Waals surface area contributed by atoms with E-state index in [1.54, 1.807) is 6.07 Å². The molecule has 1 heterocycles. The Morgan fingerprint density at radius 3 is 2.65 bits per heavy atom. The molecule has 1 unspecified atom stereocenters. The molecule has 9 heteroatoms. The average Bonchev–Trinajstić information content (AvgIpc) is 2.91. The number of carbonyl (C=O) groups is 1. The lowest BCUT2D eigenvalue weighted by Crippen LogP contribution is -2.28. The van der Waals surface area contributed by atoms with Gasteiger partial charge in [0.1, 0.15) is 22.8 Å². The molecule has 0 N–H and O–H groups in total. The highest BCUT2D eigenvalue weighted by Gasteiger charge is 2.35. The van der Waals surface area contributed by atoms with Crippen LogP contribution in [-0.4, -0.2) is 22.9 Å². The van der Waals surface area contributed by atoms with Gasteiger partial charge in [0, 0.05) is 5.56 Å². The molecule has 1 saturated heterocycles. The lowest BCUT2D eigenvalue weighted by molar-refractivity contribution is -0.274. The Labute approximate surface area is 149 Å². The van der Waals surface area contributed by atoms with Crippen LogP contribution in [0.25, 0.3) is 0 Å². The maximum Gasteiger partial charge on any atom is 0.573 e. The fraction of sp³-hybridized carbons (Fsp3) is 0.235. The molecule has 2 aromatic carbocycles. The minimum Gasteiger partial charge on any atom is -0.406 e. The molecule has 0 spiro atoms. The Morgan fingerprint density at radius 1 is 1.15 bits per heavy atom. The normalized spacial score (nSPS) is 17.7. The Bertz CT molecular complexity index is 827. The second-order valence-corrected chi connectivity index (χ2v) is 6.61. The Balaban J connectivity index is 1.86. The summed E-state index contributed by atoms with van der Waals surface area (Å²) in [6, 6.07) is 8.18. The minimum absolute atomic E-state index is 0.00598. The molecule has 26 heavy (non-hydrogen) atoms. The molecule has 0 radical (unpaired) electrons. The summed E-state index contributed by atoms with van der Waals surface area (Å²) < 4.78 is 68.3. The van der Waals surface area contributed by atoms with Gasteiger partial charge in [-0.25, -0.2) is 8.78 Å². The smallest absolute Gasteiger partial charge is 0.406 e. The number of halogens is 5. The monoisotopic (exact) mass is 389 g/mol. The molecule has 0 bridgehead atoms. The standard InChI is InChI=1S/C17H12F5NO2S/c18-12-4-5-14(19)11(6-12)8-23-15(24)9-26-16(23)10-2-1-3-13(7-10)25-17(20,21)22/h1-7,16H,8-9H2. The SMILES string of the molecule is O=C1CSC(c2cccc(OC(F)(F)F)c2)N1Cc1cc(F)ccc1F. The van der Waals surface area contributed by atoms with Crippen LogP contribution in [0.3, 0.4) is 0 Å². The van der Waals surface area contributed by atoms with Crippen LogP contribution in [0.2, 0.25) is 0 Å². The highest BCUT2D eigenvalue weighted by atomic mass is 32.2. The quantitative estimate of drug-likeness (QED) is 0.714. The predicted octanol–water partition coefficient (Wildman–Crippen LogP) is 4.64. The third-order valence-corrected chi connectivity index (χ3v) is 4.95. The molecule has 1 aliphatic rings. The van der Waals surface area contributed by atoms with Gasteiger partial charge in [-0.3, -0.25) is 4.79 Å². The highest BCUT2D eigenvalue weighted by Crippen LogP contribution is 2.41. The number of alkyl halides is 3. The van der Waals surface area contributed by atoms with E-state index in [-0.39, 0.29) is 23.8 Å². The highest BCUT2D eigenvalue weighted by molar-refractivity contribution is 8.00. The number of nitrogens with zero attached hydrogens (tertiary/aromatic N) is 1. The average molecular weight is 389 g/mol. The van der Waals surface area contributed by atoms with Gasteiger partial charge < -0.3 is 9.64 Å². The lowest BCUT2D eigenvalue weighted by Gasteiger charge is -2.25. The third-order valence-electron chi connectivity index (χ3n) is 3.69. The van der Waals surface area contributed by atoms with Crippen molar-refractivity contribution in [2.75, 3.05) is 5.75 Å². The topological polar surface area (TPSA) is 29.5 Å². The first-order valence-corrected chi connectivity index (χ1v) is 8.48. The number of amides is 1. The maximum atomic E-state index is 13.9. The largest absolute Gasteiger partial charge is 0.573 e. The summed E-state index contributed by atoms with van der Waals surface area (Å²) in [6.45, 7) is -0.190. The molecule has 0 saturated carbocycles. The van der Waals surface area contributed by atoms with E-state index in [9.17, 15) is 26.7 Å². The third kappa shape index (κ3) is 4.27. The molecule has 0 aliphatic carbocycles. The summed E-state index contributed by atoms with van der Waals surface area (Å²) in [5.41, 5.74) is 0.396. The minimum atomic E-state index is -4.83.